The molecule has 1 aliphatic heterocycles. The Kier molecular flexibility index (Phi) is 4.17. The number of nitrogens with zero attached hydrogens (tertiary/aromatic N) is 4. The van der Waals surface area contributed by atoms with Gasteiger partial charge in [-0.2, -0.15) is 0 Å². The first-order chi connectivity index (χ1) is 8.05. The van der Waals surface area contributed by atoms with Crippen molar-refractivity contribution in [3.8, 4) is 0 Å². The van der Waals surface area contributed by atoms with E-state index in [0.717, 1.165) is 0 Å². The van der Waals surface area contributed by atoms with E-state index in [1.165, 1.54) is 4.90 Å². The molecule has 0 bridgehead atoms. The van der Waals surface area contributed by atoms with E-state index in [9.17, 15) is 9.59 Å². The molecule has 1 N–H and O–H groups in total. The number of amides is 1. The highest BCUT2D eigenvalue weighted by molar-refractivity contribution is 5.81. The van der Waals surface area contributed by atoms with E-state index in [2.05, 4.69) is 10.0 Å². The number of azide groups is 1. The van der Waals surface area contributed by atoms with Crippen LogP contribution >= 0.6 is 0 Å². The van der Waals surface area contributed by atoms with Crippen LogP contribution in [0.25, 0.3) is 10.4 Å². The molecule has 0 spiro atoms. The molecule has 1 aliphatic rings. The highest BCUT2D eigenvalue weighted by Gasteiger charge is 2.46. The summed E-state index contributed by atoms with van der Waals surface area (Å²) >= 11 is 0. The van der Waals surface area contributed by atoms with Gasteiger partial charge in [0, 0.05) is 18.0 Å². The van der Waals surface area contributed by atoms with E-state index in [1.54, 1.807) is 0 Å². The lowest BCUT2D eigenvalue weighted by atomic mass is 10.0. The second-order valence-corrected chi connectivity index (χ2v) is 3.81. The first-order valence-corrected chi connectivity index (χ1v) is 5.27. The number of carboxylic acid groups (broad SMARTS) is 1. The molecule has 1 fully saturated rings. The highest BCUT2D eigenvalue weighted by Crippen LogP contribution is 2.26. The number of rotatable bonds is 4. The van der Waals surface area contributed by atoms with Gasteiger partial charge in [-0.1, -0.05) is 12.0 Å². The Bertz CT molecular complexity index is 362. The van der Waals surface area contributed by atoms with Gasteiger partial charge in [0.1, 0.15) is 0 Å². The summed E-state index contributed by atoms with van der Waals surface area (Å²) in [6.45, 7) is 2.22. The molecule has 1 rings (SSSR count). The summed E-state index contributed by atoms with van der Waals surface area (Å²) < 4.78 is 4.89. The fourth-order valence-corrected chi connectivity index (χ4v) is 1.61. The van der Waals surface area contributed by atoms with E-state index < -0.39 is 17.6 Å². The van der Waals surface area contributed by atoms with Crippen LogP contribution < -0.4 is 0 Å². The van der Waals surface area contributed by atoms with Crippen molar-refractivity contribution in [1.29, 1.82) is 0 Å². The van der Waals surface area contributed by atoms with Crippen molar-refractivity contribution in [1.82, 2.24) is 4.90 Å². The van der Waals surface area contributed by atoms with Gasteiger partial charge in [-0.15, -0.1) is 0 Å². The zero-order valence-electron chi connectivity index (χ0n) is 9.50. The number of likely N-dealkylation sites (tertiary alicyclic amines) is 1. The number of aliphatic carboxylic acids is 1. The van der Waals surface area contributed by atoms with Gasteiger partial charge in [0.2, 0.25) is 0 Å². The van der Waals surface area contributed by atoms with E-state index in [-0.39, 0.29) is 26.1 Å². The predicted molar refractivity (Wildman–Crippen MR) is 57.3 cm³/mol. The number of hydrogen-bond acceptors (Lipinski definition) is 4. The molecular formula is C9H14N4O4. The average Bonchev–Trinajstić information content (AvgIpc) is 2.72. The lowest BCUT2D eigenvalue weighted by molar-refractivity contribution is -0.142. The van der Waals surface area contributed by atoms with Gasteiger partial charge in [0.05, 0.1) is 6.61 Å². The summed E-state index contributed by atoms with van der Waals surface area (Å²) in [6, 6.07) is 0. The maximum absolute atomic E-state index is 11.5. The van der Waals surface area contributed by atoms with Crippen LogP contribution in [0.3, 0.4) is 0 Å². The summed E-state index contributed by atoms with van der Waals surface area (Å²) in [5, 5.41) is 12.3. The Morgan fingerprint density at radius 2 is 2.35 bits per heavy atom. The summed E-state index contributed by atoms with van der Waals surface area (Å²) in [5.74, 6) is -1.22. The zero-order chi connectivity index (χ0) is 12.9. The van der Waals surface area contributed by atoms with E-state index in [4.69, 9.17) is 15.4 Å². The Morgan fingerprint density at radius 1 is 1.65 bits per heavy atom. The van der Waals surface area contributed by atoms with Gasteiger partial charge in [-0.25, -0.2) is 4.79 Å². The Labute approximate surface area is 97.8 Å². The van der Waals surface area contributed by atoms with Crippen LogP contribution in [0.5, 0.6) is 0 Å². The maximum Gasteiger partial charge on any atom is 0.409 e. The quantitative estimate of drug-likeness (QED) is 0.455. The maximum atomic E-state index is 11.5. The fourth-order valence-electron chi connectivity index (χ4n) is 1.61. The number of ether oxygens (including phenoxy) is 1. The second kappa shape index (κ2) is 5.40. The van der Waals surface area contributed by atoms with Gasteiger partial charge in [0.25, 0.3) is 0 Å². The van der Waals surface area contributed by atoms with Crippen LogP contribution in [0, 0.1) is 0 Å². The summed E-state index contributed by atoms with van der Waals surface area (Å²) in [5.41, 5.74) is 6.81. The minimum atomic E-state index is -1.56. The molecule has 1 amide bonds. The van der Waals surface area contributed by atoms with E-state index in [1.807, 2.05) is 6.92 Å². The van der Waals surface area contributed by atoms with E-state index >= 15 is 0 Å². The van der Waals surface area contributed by atoms with E-state index in [0.29, 0.717) is 6.42 Å². The number of hydrogen-bond donors (Lipinski definition) is 1. The third-order valence-electron chi connectivity index (χ3n) is 2.57. The molecule has 1 heterocycles. The minimum absolute atomic E-state index is 0.105. The van der Waals surface area contributed by atoms with Crippen LogP contribution in [0.4, 0.5) is 4.79 Å². The van der Waals surface area contributed by atoms with Crippen molar-refractivity contribution in [3.63, 3.8) is 0 Å². The smallest absolute Gasteiger partial charge is 0.409 e. The second-order valence-electron chi connectivity index (χ2n) is 3.81. The monoisotopic (exact) mass is 242 g/mol. The standard InChI is InChI=1S/C9H14N4O4/c1-2-5-17-8(16)13-4-3-9(6-13,7(14)15)11-12-10/h2-6H2,1H3,(H,14,15). The Hall–Kier alpha value is -1.95. The van der Waals surface area contributed by atoms with Gasteiger partial charge < -0.3 is 14.7 Å². The molecule has 1 saturated heterocycles. The molecule has 17 heavy (non-hydrogen) atoms. The first-order valence-electron chi connectivity index (χ1n) is 5.27. The normalized spacial score (nSPS) is 23.0. The summed E-state index contributed by atoms with van der Waals surface area (Å²) in [7, 11) is 0. The van der Waals surface area contributed by atoms with Crippen molar-refractivity contribution in [3.05, 3.63) is 10.4 Å². The summed E-state index contributed by atoms with van der Waals surface area (Å²) in [6.07, 6.45) is 0.233. The topological polar surface area (TPSA) is 116 Å². The van der Waals surface area contributed by atoms with Crippen LogP contribution in [0.2, 0.25) is 0 Å². The molecule has 0 aromatic heterocycles. The molecule has 0 radical (unpaired) electrons. The van der Waals surface area contributed by atoms with Gasteiger partial charge in [-0.05, 0) is 18.4 Å². The largest absolute Gasteiger partial charge is 0.481 e. The molecular weight excluding hydrogens is 228 g/mol. The van der Waals surface area contributed by atoms with Gasteiger partial charge in [0.15, 0.2) is 5.54 Å². The molecule has 94 valence electrons. The molecule has 1 unspecified atom stereocenters. The van der Waals surface area contributed by atoms with Crippen LogP contribution in [0.1, 0.15) is 19.8 Å². The molecule has 8 heteroatoms. The van der Waals surface area contributed by atoms with Gasteiger partial charge >= 0.3 is 12.1 Å². The van der Waals surface area contributed by atoms with Gasteiger partial charge in [-0.3, -0.25) is 4.79 Å². The molecule has 0 aromatic rings. The molecule has 0 aliphatic carbocycles. The van der Waals surface area contributed by atoms with Crippen LogP contribution in [0.15, 0.2) is 5.11 Å². The van der Waals surface area contributed by atoms with Crippen LogP contribution in [-0.2, 0) is 9.53 Å². The predicted octanol–water partition coefficient (Wildman–Crippen LogP) is 1.37. The Morgan fingerprint density at radius 3 is 2.88 bits per heavy atom. The number of carbonyl (C=O) groups excluding carboxylic acids is 1. The van der Waals surface area contributed by atoms with Crippen molar-refractivity contribution >= 4 is 12.1 Å². The number of carboxylic acids is 1. The van der Waals surface area contributed by atoms with Crippen LogP contribution in [-0.4, -0.2) is 47.3 Å². The van der Waals surface area contributed by atoms with Crippen molar-refractivity contribution in [2.24, 2.45) is 5.11 Å². The lowest BCUT2D eigenvalue weighted by Crippen LogP contribution is -2.41. The molecule has 8 nitrogen and oxygen atoms in total. The zero-order valence-corrected chi connectivity index (χ0v) is 9.50. The molecule has 0 saturated carbocycles. The summed E-state index contributed by atoms with van der Waals surface area (Å²) in [4.78, 5) is 26.3. The fraction of sp³-hybridized carbons (Fsp3) is 0.778. The first kappa shape index (κ1) is 13.1. The molecule has 1 atom stereocenters. The Balaban J connectivity index is 2.70. The third kappa shape index (κ3) is 2.79. The SMILES string of the molecule is CCCOC(=O)N1CCC(N=[N+]=[N-])(C(=O)O)C1. The highest BCUT2D eigenvalue weighted by atomic mass is 16.6. The lowest BCUT2D eigenvalue weighted by Gasteiger charge is -2.19. The van der Waals surface area contributed by atoms with Crippen molar-refractivity contribution in [2.75, 3.05) is 19.7 Å². The minimum Gasteiger partial charge on any atom is -0.481 e. The third-order valence-corrected chi connectivity index (χ3v) is 2.57. The van der Waals surface area contributed by atoms with Crippen molar-refractivity contribution < 1.29 is 19.4 Å². The average molecular weight is 242 g/mol. The van der Waals surface area contributed by atoms with Crippen molar-refractivity contribution in [2.45, 2.75) is 25.3 Å². The number of carbonyl (C=O) groups is 2. The molecule has 0 aromatic carbocycles.